The molecule has 1 unspecified atom stereocenters. The summed E-state index contributed by atoms with van der Waals surface area (Å²) >= 11 is 0. The molecule has 1 aromatic carbocycles. The highest BCUT2D eigenvalue weighted by Gasteiger charge is 2.29. The molecule has 154 valence electrons. The minimum Gasteiger partial charge on any atom is -0.385 e. The lowest BCUT2D eigenvalue weighted by Gasteiger charge is -2.27. The molecule has 0 fully saturated rings. The van der Waals surface area contributed by atoms with Gasteiger partial charge in [-0.05, 0) is 36.0 Å². The molecule has 1 atom stereocenters. The minimum absolute atomic E-state index is 0.217. The van der Waals surface area contributed by atoms with Crippen LogP contribution >= 0.6 is 0 Å². The van der Waals surface area contributed by atoms with Crippen molar-refractivity contribution in [3.05, 3.63) is 71.7 Å². The van der Waals surface area contributed by atoms with Crippen molar-refractivity contribution in [3.63, 3.8) is 0 Å². The summed E-state index contributed by atoms with van der Waals surface area (Å²) < 4.78 is 13.1. The van der Waals surface area contributed by atoms with E-state index < -0.39 is 5.60 Å². The molecule has 0 aliphatic heterocycles. The number of nitrogens with one attached hydrogen (secondary N) is 1. The van der Waals surface area contributed by atoms with E-state index in [1.165, 1.54) is 12.3 Å². The largest absolute Gasteiger partial charge is 0.385 e. The molecule has 0 saturated carbocycles. The van der Waals surface area contributed by atoms with Crippen LogP contribution in [0.5, 0.6) is 0 Å². The number of imidazole rings is 1. The summed E-state index contributed by atoms with van der Waals surface area (Å²) in [6, 6.07) is 10.7. The van der Waals surface area contributed by atoms with Crippen LogP contribution in [0, 0.1) is 11.2 Å². The number of aromatic amines is 1. The Labute approximate surface area is 172 Å². The summed E-state index contributed by atoms with van der Waals surface area (Å²) in [6.07, 6.45) is 6.10. The lowest BCUT2D eigenvalue weighted by Crippen LogP contribution is -2.28. The summed E-state index contributed by atoms with van der Waals surface area (Å²) in [6.45, 7) is 8.65. The van der Waals surface area contributed by atoms with Gasteiger partial charge in [0.2, 0.25) is 0 Å². The maximum Gasteiger partial charge on any atom is 0.141 e. The molecule has 3 rings (SSSR count). The molecule has 2 N–H and O–H groups in total. The second kappa shape index (κ2) is 8.46. The molecule has 2 aromatic heterocycles. The van der Waals surface area contributed by atoms with Crippen LogP contribution < -0.4 is 0 Å². The van der Waals surface area contributed by atoms with Crippen molar-refractivity contribution in [2.24, 2.45) is 5.41 Å². The maximum atomic E-state index is 13.1. The molecule has 0 bridgehead atoms. The van der Waals surface area contributed by atoms with Crippen LogP contribution in [0.3, 0.4) is 0 Å². The van der Waals surface area contributed by atoms with Crippen LogP contribution in [0.4, 0.5) is 4.39 Å². The van der Waals surface area contributed by atoms with Crippen LogP contribution in [0.25, 0.3) is 11.3 Å². The number of H-pyrrole nitrogens is 1. The Hall–Kier alpha value is -2.53. The van der Waals surface area contributed by atoms with Crippen molar-refractivity contribution in [2.75, 3.05) is 0 Å². The van der Waals surface area contributed by atoms with E-state index in [0.717, 1.165) is 35.5 Å². The fourth-order valence-electron chi connectivity index (χ4n) is 3.43. The summed E-state index contributed by atoms with van der Waals surface area (Å²) in [5.74, 6) is 0.436. The molecule has 4 nitrogen and oxygen atoms in total. The number of pyridine rings is 1. The highest BCUT2D eigenvalue weighted by molar-refractivity contribution is 5.59. The Morgan fingerprint density at radius 3 is 2.24 bits per heavy atom. The Bertz CT molecular complexity index is 932. The van der Waals surface area contributed by atoms with Gasteiger partial charge in [-0.25, -0.2) is 9.37 Å². The zero-order valence-corrected chi connectivity index (χ0v) is 17.7. The molecule has 0 saturated heterocycles. The van der Waals surface area contributed by atoms with Crippen molar-refractivity contribution >= 4 is 0 Å². The van der Waals surface area contributed by atoms with Gasteiger partial charge >= 0.3 is 0 Å². The van der Waals surface area contributed by atoms with Gasteiger partial charge < -0.3 is 10.1 Å². The number of hydrogen-bond donors (Lipinski definition) is 2. The molecule has 0 amide bonds. The third-order valence-electron chi connectivity index (χ3n) is 5.80. The third-order valence-corrected chi connectivity index (χ3v) is 5.80. The van der Waals surface area contributed by atoms with E-state index in [1.807, 2.05) is 37.4 Å². The van der Waals surface area contributed by atoms with Gasteiger partial charge in [-0.15, -0.1) is 0 Å². The number of aromatic nitrogens is 3. The van der Waals surface area contributed by atoms with E-state index in [-0.39, 0.29) is 11.2 Å². The van der Waals surface area contributed by atoms with Crippen molar-refractivity contribution in [3.8, 4) is 11.3 Å². The van der Waals surface area contributed by atoms with Gasteiger partial charge in [-0.2, -0.15) is 0 Å². The van der Waals surface area contributed by atoms with E-state index in [0.29, 0.717) is 18.5 Å². The van der Waals surface area contributed by atoms with Gasteiger partial charge in [0.25, 0.3) is 0 Å². The van der Waals surface area contributed by atoms with E-state index >= 15 is 0 Å². The van der Waals surface area contributed by atoms with E-state index in [9.17, 15) is 9.50 Å². The zero-order valence-electron chi connectivity index (χ0n) is 17.7. The second-order valence-electron chi connectivity index (χ2n) is 8.55. The molecule has 0 aliphatic rings. The molecule has 2 heterocycles. The summed E-state index contributed by atoms with van der Waals surface area (Å²) in [5, 5.41) is 11.3. The minimum atomic E-state index is -1.01. The number of halogens is 1. The highest BCUT2D eigenvalue weighted by atomic mass is 19.1. The van der Waals surface area contributed by atoms with Gasteiger partial charge in [-0.3, -0.25) is 4.98 Å². The average molecular weight is 396 g/mol. The Morgan fingerprint density at radius 1 is 0.931 bits per heavy atom. The number of hydrogen-bond acceptors (Lipinski definition) is 3. The van der Waals surface area contributed by atoms with Gasteiger partial charge in [-0.1, -0.05) is 58.4 Å². The molecule has 0 spiro atoms. The van der Waals surface area contributed by atoms with Crippen molar-refractivity contribution in [1.82, 2.24) is 15.0 Å². The quantitative estimate of drug-likeness (QED) is 0.535. The topological polar surface area (TPSA) is 61.8 Å². The number of nitrogens with zero attached hydrogens (tertiary/aromatic N) is 2. The van der Waals surface area contributed by atoms with Gasteiger partial charge in [0.05, 0.1) is 17.5 Å². The highest BCUT2D eigenvalue weighted by Crippen LogP contribution is 2.31. The fraction of sp³-hybridized carbons (Fsp3) is 0.417. The van der Waals surface area contributed by atoms with Crippen LogP contribution in [0.1, 0.15) is 57.6 Å². The number of benzene rings is 1. The van der Waals surface area contributed by atoms with Crippen LogP contribution in [-0.4, -0.2) is 20.1 Å². The molecule has 5 heteroatoms. The molecule has 3 aromatic rings. The predicted octanol–water partition coefficient (Wildman–Crippen LogP) is 5.43. The monoisotopic (exact) mass is 395 g/mol. The van der Waals surface area contributed by atoms with Gasteiger partial charge in [0.1, 0.15) is 11.6 Å². The Morgan fingerprint density at radius 2 is 1.66 bits per heavy atom. The van der Waals surface area contributed by atoms with Crippen molar-refractivity contribution in [1.29, 1.82) is 0 Å². The van der Waals surface area contributed by atoms with Crippen LogP contribution in [0.2, 0.25) is 0 Å². The normalized spacial score (nSPS) is 14.0. The molecule has 0 radical (unpaired) electrons. The Balaban J connectivity index is 1.77. The number of rotatable bonds is 8. The van der Waals surface area contributed by atoms with Crippen molar-refractivity contribution in [2.45, 2.75) is 59.0 Å². The Kier molecular flexibility index (Phi) is 6.18. The summed E-state index contributed by atoms with van der Waals surface area (Å²) in [4.78, 5) is 12.0. The molecular formula is C24H30FN3O. The van der Waals surface area contributed by atoms with Gasteiger partial charge in [0.15, 0.2) is 0 Å². The lowest BCUT2D eigenvalue weighted by atomic mass is 9.85. The maximum absolute atomic E-state index is 13.1. The fourth-order valence-corrected chi connectivity index (χ4v) is 3.43. The first-order valence-corrected chi connectivity index (χ1v) is 10.2. The lowest BCUT2D eigenvalue weighted by molar-refractivity contribution is 0.0309. The van der Waals surface area contributed by atoms with Gasteiger partial charge in [0, 0.05) is 23.9 Å². The number of aliphatic hydroxyl groups is 1. The first-order chi connectivity index (χ1) is 13.7. The SMILES string of the molecule is CCC(C)(C)Cc1cnc(CC(O)(CC)c2ccc(-c3ccc(F)cn3)cc2)[nH]1. The predicted molar refractivity (Wildman–Crippen MR) is 114 cm³/mol. The average Bonchev–Trinajstić information content (AvgIpc) is 3.14. The van der Waals surface area contributed by atoms with Crippen LogP contribution in [-0.2, 0) is 18.4 Å². The molecular weight excluding hydrogens is 365 g/mol. The zero-order chi connectivity index (χ0) is 21.1. The molecule has 29 heavy (non-hydrogen) atoms. The smallest absolute Gasteiger partial charge is 0.141 e. The van der Waals surface area contributed by atoms with E-state index in [4.69, 9.17) is 0 Å². The van der Waals surface area contributed by atoms with E-state index in [1.54, 1.807) is 6.07 Å². The standard InChI is InChI=1S/C24H30FN3O/c1-5-23(3,4)13-20-16-27-22(28-20)14-24(29,6-2)18-9-7-17(8-10-18)21-12-11-19(25)15-26-21/h7-12,15-16,29H,5-6,13-14H2,1-4H3,(H,27,28). The first-order valence-electron chi connectivity index (χ1n) is 10.2. The summed E-state index contributed by atoms with van der Waals surface area (Å²) in [5.41, 5.74) is 2.72. The summed E-state index contributed by atoms with van der Waals surface area (Å²) in [7, 11) is 0. The molecule has 0 aliphatic carbocycles. The third kappa shape index (κ3) is 5.10. The van der Waals surface area contributed by atoms with Crippen LogP contribution in [0.15, 0.2) is 48.8 Å². The first kappa shape index (κ1) is 21.2. The van der Waals surface area contributed by atoms with Crippen molar-refractivity contribution < 1.29 is 9.50 Å². The second-order valence-corrected chi connectivity index (χ2v) is 8.55. The van der Waals surface area contributed by atoms with E-state index in [2.05, 4.69) is 35.7 Å².